The van der Waals surface area contributed by atoms with E-state index < -0.39 is 9.84 Å². The molecule has 0 aromatic carbocycles. The Kier molecular flexibility index (Phi) is 14.1. The second-order valence-corrected chi connectivity index (χ2v) is 9.26. The molecule has 166 valence electrons. The Labute approximate surface area is 187 Å². The number of hydrogen-bond acceptors (Lipinski definition) is 5. The fraction of sp³-hybridized carbons (Fsp3) is 0.889. The molecule has 10 heteroatoms. The van der Waals surface area contributed by atoms with Gasteiger partial charge < -0.3 is 20.3 Å². The van der Waals surface area contributed by atoms with Gasteiger partial charge in [0, 0.05) is 44.9 Å². The number of carbonyl (C=O) groups is 1. The van der Waals surface area contributed by atoms with Crippen molar-refractivity contribution in [3.8, 4) is 0 Å². The van der Waals surface area contributed by atoms with Crippen LogP contribution < -0.4 is 10.6 Å². The van der Waals surface area contributed by atoms with Gasteiger partial charge in [0.1, 0.15) is 9.84 Å². The van der Waals surface area contributed by atoms with E-state index in [4.69, 9.17) is 4.74 Å². The second-order valence-electron chi connectivity index (χ2n) is 7.00. The average molecular weight is 532 g/mol. The van der Waals surface area contributed by atoms with E-state index in [1.54, 1.807) is 7.05 Å². The van der Waals surface area contributed by atoms with Gasteiger partial charge in [0.2, 0.25) is 5.91 Å². The first-order valence-electron chi connectivity index (χ1n) is 9.82. The van der Waals surface area contributed by atoms with Crippen molar-refractivity contribution in [2.24, 2.45) is 10.9 Å². The number of sulfone groups is 1. The summed E-state index contributed by atoms with van der Waals surface area (Å²) in [7, 11) is -1.27. The predicted octanol–water partition coefficient (Wildman–Crippen LogP) is 1.26. The van der Waals surface area contributed by atoms with E-state index in [9.17, 15) is 13.2 Å². The Morgan fingerprint density at radius 2 is 1.82 bits per heavy atom. The minimum atomic E-state index is -2.98. The lowest BCUT2D eigenvalue weighted by molar-refractivity contribution is -0.136. The van der Waals surface area contributed by atoms with Crippen LogP contribution in [0.4, 0.5) is 0 Å². The van der Waals surface area contributed by atoms with Crippen molar-refractivity contribution in [1.82, 2.24) is 15.5 Å². The molecule has 2 N–H and O–H groups in total. The van der Waals surface area contributed by atoms with Crippen LogP contribution in [0.25, 0.3) is 0 Å². The van der Waals surface area contributed by atoms with Crippen LogP contribution in [-0.2, 0) is 19.4 Å². The summed E-state index contributed by atoms with van der Waals surface area (Å²) >= 11 is 0. The number of likely N-dealkylation sites (tertiary alicyclic amines) is 1. The van der Waals surface area contributed by atoms with E-state index in [0.29, 0.717) is 19.1 Å². The van der Waals surface area contributed by atoms with Crippen LogP contribution in [0.3, 0.4) is 0 Å². The summed E-state index contributed by atoms with van der Waals surface area (Å²) in [6, 6.07) is 0.285. The van der Waals surface area contributed by atoms with Gasteiger partial charge in [-0.25, -0.2) is 8.42 Å². The smallest absolute Gasteiger partial charge is 0.225 e. The lowest BCUT2D eigenvalue weighted by Gasteiger charge is -2.34. The molecule has 0 aliphatic carbocycles. The Balaban J connectivity index is 0.00000729. The van der Waals surface area contributed by atoms with Crippen LogP contribution in [0, 0.1) is 5.92 Å². The number of aliphatic imine (C=N–C) groups is 1. The van der Waals surface area contributed by atoms with Crippen LogP contribution in [0.15, 0.2) is 4.99 Å². The third-order valence-corrected chi connectivity index (χ3v) is 5.75. The Hall–Kier alpha value is -0.620. The molecule has 1 saturated heterocycles. The standard InChI is InChI=1S/C18H36N4O4S.HI/c1-5-15(6-2)17(23)22-10-7-16(8-11-22)21-18(19-3)20-9-12-26-13-14-27(4,24)25;/h15-16H,5-14H2,1-4H3,(H2,19,20,21);1H. The maximum absolute atomic E-state index is 12.5. The van der Waals surface area contributed by atoms with Crippen molar-refractivity contribution < 1.29 is 17.9 Å². The van der Waals surface area contributed by atoms with Crippen molar-refractivity contribution in [1.29, 1.82) is 0 Å². The number of rotatable bonds is 10. The number of nitrogens with one attached hydrogen (secondary N) is 2. The highest BCUT2D eigenvalue weighted by Gasteiger charge is 2.26. The molecule has 8 nitrogen and oxygen atoms in total. The fourth-order valence-corrected chi connectivity index (χ4v) is 3.50. The number of ether oxygens (including phenoxy) is 1. The van der Waals surface area contributed by atoms with Crippen molar-refractivity contribution in [2.75, 3.05) is 51.9 Å². The molecule has 0 radical (unpaired) electrons. The van der Waals surface area contributed by atoms with Crippen LogP contribution in [0.1, 0.15) is 39.5 Å². The zero-order valence-electron chi connectivity index (χ0n) is 17.6. The molecule has 0 atom stereocenters. The van der Waals surface area contributed by atoms with Gasteiger partial charge in [-0.1, -0.05) is 13.8 Å². The second kappa shape index (κ2) is 14.4. The number of carbonyl (C=O) groups excluding carboxylic acids is 1. The number of amides is 1. The van der Waals surface area contributed by atoms with Gasteiger partial charge in [-0.3, -0.25) is 9.79 Å². The van der Waals surface area contributed by atoms with Gasteiger partial charge in [-0.2, -0.15) is 0 Å². The molecule has 1 aliphatic heterocycles. The summed E-state index contributed by atoms with van der Waals surface area (Å²) in [6.07, 6.45) is 4.80. The molecular weight excluding hydrogens is 495 g/mol. The number of hydrogen-bond donors (Lipinski definition) is 2. The zero-order chi connectivity index (χ0) is 20.3. The molecule has 0 unspecified atom stereocenters. The summed E-state index contributed by atoms with van der Waals surface area (Å²) < 4.78 is 27.4. The minimum absolute atomic E-state index is 0. The van der Waals surface area contributed by atoms with E-state index in [2.05, 4.69) is 29.5 Å². The van der Waals surface area contributed by atoms with Crippen LogP contribution in [0.2, 0.25) is 0 Å². The Bertz CT molecular complexity index is 574. The van der Waals surface area contributed by atoms with Gasteiger partial charge in [0.05, 0.1) is 19.0 Å². The molecule has 1 amide bonds. The van der Waals surface area contributed by atoms with Gasteiger partial charge in [0.15, 0.2) is 5.96 Å². The van der Waals surface area contributed by atoms with Crippen LogP contribution >= 0.6 is 24.0 Å². The molecule has 28 heavy (non-hydrogen) atoms. The molecule has 1 aliphatic rings. The van der Waals surface area contributed by atoms with E-state index in [0.717, 1.165) is 38.8 Å². The van der Waals surface area contributed by atoms with E-state index in [-0.39, 0.29) is 54.2 Å². The maximum atomic E-state index is 12.5. The number of nitrogens with zero attached hydrogens (tertiary/aromatic N) is 2. The quantitative estimate of drug-likeness (QED) is 0.190. The lowest BCUT2D eigenvalue weighted by Crippen LogP contribution is -2.51. The third-order valence-electron chi connectivity index (χ3n) is 4.84. The minimum Gasteiger partial charge on any atom is -0.379 e. The summed E-state index contributed by atoms with van der Waals surface area (Å²) in [4.78, 5) is 18.7. The fourth-order valence-electron chi connectivity index (χ4n) is 3.08. The first kappa shape index (κ1) is 27.4. The third kappa shape index (κ3) is 10.8. The first-order valence-corrected chi connectivity index (χ1v) is 11.9. The monoisotopic (exact) mass is 532 g/mol. The number of guanidine groups is 1. The molecule has 0 spiro atoms. The Morgan fingerprint density at radius 3 is 2.32 bits per heavy atom. The highest BCUT2D eigenvalue weighted by atomic mass is 127. The van der Waals surface area contributed by atoms with Crippen molar-refractivity contribution in [3.05, 3.63) is 0 Å². The lowest BCUT2D eigenvalue weighted by atomic mass is 9.98. The van der Waals surface area contributed by atoms with Crippen molar-refractivity contribution in [2.45, 2.75) is 45.6 Å². The summed E-state index contributed by atoms with van der Waals surface area (Å²) in [6.45, 7) is 6.86. The summed E-state index contributed by atoms with van der Waals surface area (Å²) in [5.41, 5.74) is 0. The molecular formula is C18H37IN4O4S. The molecule has 1 rings (SSSR count). The normalized spacial score (nSPS) is 16.0. The highest BCUT2D eigenvalue weighted by molar-refractivity contribution is 14.0. The first-order chi connectivity index (χ1) is 12.8. The van der Waals surface area contributed by atoms with Crippen LogP contribution in [-0.4, -0.2) is 83.1 Å². The van der Waals surface area contributed by atoms with E-state index >= 15 is 0 Å². The van der Waals surface area contributed by atoms with Gasteiger partial charge in [0.25, 0.3) is 0 Å². The zero-order valence-corrected chi connectivity index (χ0v) is 20.7. The molecule has 1 heterocycles. The van der Waals surface area contributed by atoms with Crippen LogP contribution in [0.5, 0.6) is 0 Å². The molecule has 0 aromatic heterocycles. The largest absolute Gasteiger partial charge is 0.379 e. The van der Waals surface area contributed by atoms with Crippen molar-refractivity contribution >= 4 is 45.7 Å². The number of halogens is 1. The molecule has 0 aromatic rings. The van der Waals surface area contributed by atoms with E-state index in [1.165, 1.54) is 6.26 Å². The maximum Gasteiger partial charge on any atom is 0.225 e. The average Bonchev–Trinajstić information content (AvgIpc) is 2.64. The Morgan fingerprint density at radius 1 is 1.21 bits per heavy atom. The number of piperidine rings is 1. The topological polar surface area (TPSA) is 100 Å². The summed E-state index contributed by atoms with van der Waals surface area (Å²) in [5, 5.41) is 6.56. The highest BCUT2D eigenvalue weighted by Crippen LogP contribution is 2.17. The van der Waals surface area contributed by atoms with Crippen molar-refractivity contribution in [3.63, 3.8) is 0 Å². The van der Waals surface area contributed by atoms with Gasteiger partial charge in [-0.15, -0.1) is 24.0 Å². The SMILES string of the molecule is CCC(CC)C(=O)N1CCC(NC(=NC)NCCOCCS(C)(=O)=O)CC1.I. The summed E-state index contributed by atoms with van der Waals surface area (Å²) in [5.74, 6) is 1.17. The van der Waals surface area contributed by atoms with Gasteiger partial charge >= 0.3 is 0 Å². The predicted molar refractivity (Wildman–Crippen MR) is 124 cm³/mol. The molecule has 0 saturated carbocycles. The molecule has 0 bridgehead atoms. The molecule has 1 fully saturated rings. The van der Waals surface area contributed by atoms with E-state index in [1.807, 2.05) is 4.90 Å². The van der Waals surface area contributed by atoms with Gasteiger partial charge in [-0.05, 0) is 25.7 Å².